The normalized spacial score (nSPS) is 12.1. The van der Waals surface area contributed by atoms with Crippen molar-refractivity contribution in [2.75, 3.05) is 11.9 Å². The van der Waals surface area contributed by atoms with Crippen LogP contribution in [0.2, 0.25) is 0 Å². The molecule has 0 saturated carbocycles. The summed E-state index contributed by atoms with van der Waals surface area (Å²) in [6.07, 6.45) is 0.221. The molecular weight excluding hydrogens is 196 g/mol. The summed E-state index contributed by atoms with van der Waals surface area (Å²) in [4.78, 5) is 14.5. The van der Waals surface area contributed by atoms with Crippen molar-refractivity contribution in [3.8, 4) is 0 Å². The molecular formula is C10H14N2O3. The molecule has 0 aliphatic rings. The van der Waals surface area contributed by atoms with Crippen LogP contribution in [0.25, 0.3) is 0 Å². The first kappa shape index (κ1) is 11.5. The molecule has 82 valence electrons. The Morgan fingerprint density at radius 2 is 2.33 bits per heavy atom. The number of hydrogen-bond acceptors (Lipinski definition) is 4. The van der Waals surface area contributed by atoms with Crippen LogP contribution in [0.15, 0.2) is 18.2 Å². The van der Waals surface area contributed by atoms with Crippen molar-refractivity contribution >= 4 is 11.8 Å². The zero-order valence-corrected chi connectivity index (χ0v) is 8.47. The summed E-state index contributed by atoms with van der Waals surface area (Å²) in [6, 6.07) is 4.75. The van der Waals surface area contributed by atoms with Crippen molar-refractivity contribution in [1.29, 1.82) is 0 Å². The first-order valence-corrected chi connectivity index (χ1v) is 4.72. The molecule has 0 fully saturated rings. The van der Waals surface area contributed by atoms with Gasteiger partial charge < -0.3 is 15.5 Å². The maximum Gasteiger partial charge on any atom is 0.354 e. The minimum atomic E-state index is -1.05. The fourth-order valence-electron chi connectivity index (χ4n) is 1.06. The average molecular weight is 210 g/mol. The molecule has 0 spiro atoms. The largest absolute Gasteiger partial charge is 0.477 e. The van der Waals surface area contributed by atoms with Crippen LogP contribution in [-0.2, 0) is 0 Å². The van der Waals surface area contributed by atoms with Gasteiger partial charge in [-0.25, -0.2) is 9.78 Å². The van der Waals surface area contributed by atoms with E-state index in [9.17, 15) is 4.79 Å². The van der Waals surface area contributed by atoms with Crippen LogP contribution in [-0.4, -0.2) is 33.8 Å². The predicted octanol–water partition coefficient (Wildman–Crippen LogP) is 0.963. The van der Waals surface area contributed by atoms with Crippen molar-refractivity contribution < 1.29 is 15.0 Å². The van der Waals surface area contributed by atoms with Crippen LogP contribution in [0.1, 0.15) is 23.8 Å². The van der Waals surface area contributed by atoms with E-state index in [2.05, 4.69) is 10.3 Å². The third-order valence-corrected chi connectivity index (χ3v) is 1.84. The molecule has 5 nitrogen and oxygen atoms in total. The summed E-state index contributed by atoms with van der Waals surface area (Å²) in [5, 5.41) is 20.6. The number of anilines is 1. The molecule has 0 amide bonds. The summed E-state index contributed by atoms with van der Waals surface area (Å²) >= 11 is 0. The Kier molecular flexibility index (Phi) is 4.05. The van der Waals surface area contributed by atoms with E-state index in [1.165, 1.54) is 6.07 Å². The highest BCUT2D eigenvalue weighted by Gasteiger charge is 2.04. The standard InChI is InChI=1S/C10H14N2O3/c1-7(13)5-6-11-9-4-2-3-8(12-9)10(14)15/h2-4,7,13H,5-6H2,1H3,(H,11,12)(H,14,15). The van der Waals surface area contributed by atoms with Gasteiger partial charge in [0.15, 0.2) is 5.69 Å². The fourth-order valence-corrected chi connectivity index (χ4v) is 1.06. The lowest BCUT2D eigenvalue weighted by Gasteiger charge is -2.07. The third kappa shape index (κ3) is 3.95. The summed E-state index contributed by atoms with van der Waals surface area (Å²) < 4.78 is 0. The molecule has 1 rings (SSSR count). The van der Waals surface area contributed by atoms with E-state index in [4.69, 9.17) is 10.2 Å². The van der Waals surface area contributed by atoms with E-state index in [0.717, 1.165) is 0 Å². The number of nitrogens with one attached hydrogen (secondary N) is 1. The number of aliphatic hydroxyl groups excluding tert-OH is 1. The number of pyridine rings is 1. The van der Waals surface area contributed by atoms with Crippen molar-refractivity contribution in [3.05, 3.63) is 23.9 Å². The van der Waals surface area contributed by atoms with E-state index >= 15 is 0 Å². The van der Waals surface area contributed by atoms with E-state index in [1.54, 1.807) is 19.1 Å². The van der Waals surface area contributed by atoms with Gasteiger partial charge >= 0.3 is 5.97 Å². The first-order chi connectivity index (χ1) is 7.09. The van der Waals surface area contributed by atoms with Crippen molar-refractivity contribution in [2.45, 2.75) is 19.4 Å². The summed E-state index contributed by atoms with van der Waals surface area (Å²) in [7, 11) is 0. The van der Waals surface area contributed by atoms with Crippen LogP contribution in [0.4, 0.5) is 5.82 Å². The van der Waals surface area contributed by atoms with Gasteiger partial charge in [-0.2, -0.15) is 0 Å². The molecule has 1 aromatic heterocycles. The van der Waals surface area contributed by atoms with E-state index in [-0.39, 0.29) is 11.8 Å². The molecule has 1 atom stereocenters. The Hall–Kier alpha value is -1.62. The monoisotopic (exact) mass is 210 g/mol. The van der Waals surface area contributed by atoms with Gasteiger partial charge in [-0.05, 0) is 25.5 Å². The molecule has 0 radical (unpaired) electrons. The maximum absolute atomic E-state index is 10.6. The summed E-state index contributed by atoms with van der Waals surface area (Å²) in [6.45, 7) is 2.26. The summed E-state index contributed by atoms with van der Waals surface area (Å²) in [5.41, 5.74) is 0.0112. The molecule has 0 saturated heterocycles. The molecule has 1 unspecified atom stereocenters. The first-order valence-electron chi connectivity index (χ1n) is 4.72. The lowest BCUT2D eigenvalue weighted by Crippen LogP contribution is -2.11. The number of hydrogen-bond donors (Lipinski definition) is 3. The molecule has 0 aliphatic carbocycles. The molecule has 15 heavy (non-hydrogen) atoms. The van der Waals surface area contributed by atoms with Gasteiger partial charge in [-0.3, -0.25) is 0 Å². The molecule has 3 N–H and O–H groups in total. The third-order valence-electron chi connectivity index (χ3n) is 1.84. The molecule has 5 heteroatoms. The topological polar surface area (TPSA) is 82.5 Å². The highest BCUT2D eigenvalue weighted by Crippen LogP contribution is 2.05. The fraction of sp³-hybridized carbons (Fsp3) is 0.400. The predicted molar refractivity (Wildman–Crippen MR) is 56.0 cm³/mol. The van der Waals surface area contributed by atoms with Crippen LogP contribution in [0, 0.1) is 0 Å². The number of aromatic carboxylic acids is 1. The Morgan fingerprint density at radius 3 is 2.93 bits per heavy atom. The maximum atomic E-state index is 10.6. The second kappa shape index (κ2) is 5.31. The van der Waals surface area contributed by atoms with Gasteiger partial charge in [0, 0.05) is 6.54 Å². The van der Waals surface area contributed by atoms with Crippen LogP contribution >= 0.6 is 0 Å². The summed E-state index contributed by atoms with van der Waals surface area (Å²) in [5.74, 6) is -0.537. The lowest BCUT2D eigenvalue weighted by atomic mass is 10.3. The van der Waals surface area contributed by atoms with Crippen molar-refractivity contribution in [1.82, 2.24) is 4.98 Å². The number of carbonyl (C=O) groups is 1. The quantitative estimate of drug-likeness (QED) is 0.674. The van der Waals surface area contributed by atoms with E-state index in [1.807, 2.05) is 0 Å². The second-order valence-electron chi connectivity index (χ2n) is 3.28. The zero-order valence-electron chi connectivity index (χ0n) is 8.47. The highest BCUT2D eigenvalue weighted by atomic mass is 16.4. The van der Waals surface area contributed by atoms with Gasteiger partial charge in [-0.15, -0.1) is 0 Å². The number of aliphatic hydroxyl groups is 1. The smallest absolute Gasteiger partial charge is 0.354 e. The molecule has 0 aliphatic heterocycles. The van der Waals surface area contributed by atoms with E-state index < -0.39 is 5.97 Å². The number of nitrogens with zero attached hydrogens (tertiary/aromatic N) is 1. The van der Waals surface area contributed by atoms with Crippen LogP contribution < -0.4 is 5.32 Å². The molecule has 1 heterocycles. The van der Waals surface area contributed by atoms with Gasteiger partial charge in [0.2, 0.25) is 0 Å². The second-order valence-corrected chi connectivity index (χ2v) is 3.28. The van der Waals surface area contributed by atoms with Crippen LogP contribution in [0.5, 0.6) is 0 Å². The van der Waals surface area contributed by atoms with Crippen LogP contribution in [0.3, 0.4) is 0 Å². The SMILES string of the molecule is CC(O)CCNc1cccc(C(=O)O)n1. The zero-order chi connectivity index (χ0) is 11.3. The number of carboxylic acid groups (broad SMARTS) is 1. The van der Waals surface area contributed by atoms with Crippen molar-refractivity contribution in [2.24, 2.45) is 0 Å². The Balaban J connectivity index is 2.54. The van der Waals surface area contributed by atoms with Gasteiger partial charge in [-0.1, -0.05) is 6.07 Å². The minimum absolute atomic E-state index is 0.0112. The lowest BCUT2D eigenvalue weighted by molar-refractivity contribution is 0.0690. The van der Waals surface area contributed by atoms with Gasteiger partial charge in [0.25, 0.3) is 0 Å². The molecule has 1 aromatic rings. The van der Waals surface area contributed by atoms with E-state index in [0.29, 0.717) is 18.8 Å². The minimum Gasteiger partial charge on any atom is -0.477 e. The Bertz CT molecular complexity index is 339. The average Bonchev–Trinajstić information content (AvgIpc) is 2.17. The molecule has 0 bridgehead atoms. The molecule has 0 aromatic carbocycles. The Labute approximate surface area is 87.8 Å². The number of rotatable bonds is 5. The van der Waals surface area contributed by atoms with Crippen molar-refractivity contribution in [3.63, 3.8) is 0 Å². The highest BCUT2D eigenvalue weighted by molar-refractivity contribution is 5.85. The van der Waals surface area contributed by atoms with Gasteiger partial charge in [0.1, 0.15) is 5.82 Å². The van der Waals surface area contributed by atoms with Gasteiger partial charge in [0.05, 0.1) is 6.10 Å². The number of aromatic nitrogens is 1. The Morgan fingerprint density at radius 1 is 1.60 bits per heavy atom. The number of carboxylic acids is 1.